The third kappa shape index (κ3) is 4.58. The lowest BCUT2D eigenvalue weighted by molar-refractivity contribution is -0.122. The van der Waals surface area contributed by atoms with Crippen molar-refractivity contribution in [1.29, 1.82) is 0 Å². The zero-order valence-electron chi connectivity index (χ0n) is 10.5. The third-order valence-corrected chi connectivity index (χ3v) is 2.35. The molecule has 1 aromatic rings. The van der Waals surface area contributed by atoms with Gasteiger partial charge in [0.25, 0.3) is 5.91 Å². The van der Waals surface area contributed by atoms with Crippen LogP contribution in [-0.2, 0) is 4.79 Å². The van der Waals surface area contributed by atoms with Crippen LogP contribution < -0.4 is 10.6 Å². The van der Waals surface area contributed by atoms with Crippen molar-refractivity contribution in [2.75, 3.05) is 6.54 Å². The molecule has 0 aromatic carbocycles. The summed E-state index contributed by atoms with van der Waals surface area (Å²) in [6.45, 7) is 3.60. The first-order valence-electron chi connectivity index (χ1n) is 5.81. The second kappa shape index (κ2) is 6.80. The molecule has 100 valence electrons. The van der Waals surface area contributed by atoms with Crippen molar-refractivity contribution in [2.45, 2.75) is 32.4 Å². The van der Waals surface area contributed by atoms with E-state index in [-0.39, 0.29) is 11.7 Å². The minimum atomic E-state index is -0.656. The van der Waals surface area contributed by atoms with Crippen LogP contribution in [0.5, 0.6) is 0 Å². The second-order valence-electron chi connectivity index (χ2n) is 4.10. The fraction of sp³-hybridized carbons (Fsp3) is 0.500. The van der Waals surface area contributed by atoms with E-state index in [0.717, 1.165) is 0 Å². The highest BCUT2D eigenvalue weighted by molar-refractivity contribution is 5.95. The first-order chi connectivity index (χ1) is 8.50. The number of aliphatic hydroxyl groups is 1. The van der Waals surface area contributed by atoms with Crippen LogP contribution in [0.25, 0.3) is 0 Å². The summed E-state index contributed by atoms with van der Waals surface area (Å²) in [5.74, 6) is -0.563. The molecule has 0 bridgehead atoms. The Bertz CT molecular complexity index is 387. The largest absolute Gasteiger partial charge is 0.459 e. The predicted octanol–water partition coefficient (Wildman–Crippen LogP) is 0.285. The zero-order valence-corrected chi connectivity index (χ0v) is 10.5. The molecule has 6 nitrogen and oxygen atoms in total. The number of hydrogen-bond acceptors (Lipinski definition) is 4. The van der Waals surface area contributed by atoms with Crippen LogP contribution in [0, 0.1) is 0 Å². The molecule has 0 aliphatic rings. The Morgan fingerprint density at radius 2 is 2.17 bits per heavy atom. The van der Waals surface area contributed by atoms with Gasteiger partial charge in [0, 0.05) is 6.54 Å². The van der Waals surface area contributed by atoms with Gasteiger partial charge in [-0.25, -0.2) is 0 Å². The summed E-state index contributed by atoms with van der Waals surface area (Å²) in [4.78, 5) is 23.2. The lowest BCUT2D eigenvalue weighted by atomic mass is 10.2. The molecule has 3 N–H and O–H groups in total. The summed E-state index contributed by atoms with van der Waals surface area (Å²) < 4.78 is 4.91. The van der Waals surface area contributed by atoms with Gasteiger partial charge >= 0.3 is 0 Å². The Balaban J connectivity index is 2.33. The monoisotopic (exact) mass is 254 g/mol. The fourth-order valence-electron chi connectivity index (χ4n) is 1.30. The van der Waals surface area contributed by atoms with E-state index in [4.69, 9.17) is 9.52 Å². The lowest BCUT2D eigenvalue weighted by Gasteiger charge is -2.13. The normalized spacial score (nSPS) is 13.7. The molecular formula is C12H18N2O4. The molecule has 1 rings (SSSR count). The average Bonchev–Trinajstić information content (AvgIpc) is 2.81. The molecular weight excluding hydrogens is 236 g/mol. The van der Waals surface area contributed by atoms with Crippen molar-refractivity contribution >= 4 is 11.8 Å². The molecule has 2 atom stereocenters. The summed E-state index contributed by atoms with van der Waals surface area (Å²) in [7, 11) is 0. The average molecular weight is 254 g/mol. The second-order valence-corrected chi connectivity index (χ2v) is 4.10. The van der Waals surface area contributed by atoms with Gasteiger partial charge in [-0.2, -0.15) is 0 Å². The van der Waals surface area contributed by atoms with E-state index in [1.165, 1.54) is 12.3 Å². The number of carbonyl (C=O) groups excluding carboxylic acids is 2. The van der Waals surface area contributed by atoms with E-state index < -0.39 is 18.1 Å². The van der Waals surface area contributed by atoms with E-state index in [1.807, 2.05) is 0 Å². The highest BCUT2D eigenvalue weighted by atomic mass is 16.3. The first kappa shape index (κ1) is 14.2. The van der Waals surface area contributed by atoms with E-state index in [9.17, 15) is 9.59 Å². The minimum absolute atomic E-state index is 0.165. The number of rotatable bonds is 6. The molecule has 6 heteroatoms. The summed E-state index contributed by atoms with van der Waals surface area (Å²) >= 11 is 0. The highest BCUT2D eigenvalue weighted by Crippen LogP contribution is 2.00. The molecule has 1 aromatic heterocycles. The lowest BCUT2D eigenvalue weighted by Crippen LogP contribution is -2.45. The van der Waals surface area contributed by atoms with Gasteiger partial charge in [-0.3, -0.25) is 9.59 Å². The number of aliphatic hydroxyl groups excluding tert-OH is 1. The van der Waals surface area contributed by atoms with Gasteiger partial charge in [-0.15, -0.1) is 0 Å². The van der Waals surface area contributed by atoms with E-state index >= 15 is 0 Å². The van der Waals surface area contributed by atoms with Gasteiger partial charge in [-0.05, 0) is 32.4 Å². The quantitative estimate of drug-likeness (QED) is 0.680. The number of nitrogens with one attached hydrogen (secondary N) is 2. The van der Waals surface area contributed by atoms with Crippen molar-refractivity contribution in [3.05, 3.63) is 24.2 Å². The molecule has 0 fully saturated rings. The van der Waals surface area contributed by atoms with Crippen LogP contribution in [0.1, 0.15) is 30.8 Å². The Morgan fingerprint density at radius 1 is 1.44 bits per heavy atom. The van der Waals surface area contributed by atoms with E-state index in [1.54, 1.807) is 19.9 Å². The summed E-state index contributed by atoms with van der Waals surface area (Å²) in [5.41, 5.74) is 0. The third-order valence-electron chi connectivity index (χ3n) is 2.35. The van der Waals surface area contributed by atoms with Crippen molar-refractivity contribution in [3.63, 3.8) is 0 Å². The molecule has 0 saturated carbocycles. The number of amides is 2. The Hall–Kier alpha value is -1.82. The van der Waals surface area contributed by atoms with Crippen LogP contribution in [-0.4, -0.2) is 35.6 Å². The molecule has 2 amide bonds. The van der Waals surface area contributed by atoms with Crippen LogP contribution in [0.2, 0.25) is 0 Å². The molecule has 18 heavy (non-hydrogen) atoms. The van der Waals surface area contributed by atoms with Gasteiger partial charge in [-0.1, -0.05) is 0 Å². The maximum atomic E-state index is 11.6. The van der Waals surface area contributed by atoms with Crippen molar-refractivity contribution in [2.24, 2.45) is 0 Å². The molecule has 1 heterocycles. The molecule has 0 radical (unpaired) electrons. The molecule has 0 spiro atoms. The van der Waals surface area contributed by atoms with Crippen LogP contribution >= 0.6 is 0 Å². The number of carbonyl (C=O) groups is 2. The summed E-state index contributed by atoms with van der Waals surface area (Å²) in [6, 6.07) is 2.46. The maximum Gasteiger partial charge on any atom is 0.287 e. The van der Waals surface area contributed by atoms with Gasteiger partial charge in [0.2, 0.25) is 5.91 Å². The molecule has 2 unspecified atom stereocenters. The maximum absolute atomic E-state index is 11.6. The fourth-order valence-corrected chi connectivity index (χ4v) is 1.30. The van der Waals surface area contributed by atoms with Gasteiger partial charge in [0.1, 0.15) is 6.04 Å². The van der Waals surface area contributed by atoms with Crippen molar-refractivity contribution in [1.82, 2.24) is 10.6 Å². The minimum Gasteiger partial charge on any atom is -0.459 e. The Morgan fingerprint density at radius 3 is 2.72 bits per heavy atom. The van der Waals surface area contributed by atoms with Gasteiger partial charge in [0.15, 0.2) is 5.76 Å². The Kier molecular flexibility index (Phi) is 5.38. The van der Waals surface area contributed by atoms with Gasteiger partial charge in [0.05, 0.1) is 12.4 Å². The van der Waals surface area contributed by atoms with E-state index in [0.29, 0.717) is 13.0 Å². The predicted molar refractivity (Wildman–Crippen MR) is 64.9 cm³/mol. The standard InChI is InChI=1S/C12H18N2O4/c1-8(15)5-6-13-11(16)9(2)14-12(17)10-4-3-7-18-10/h3-4,7-9,15H,5-6H2,1-2H3,(H,13,16)(H,14,17). The van der Waals surface area contributed by atoms with Crippen LogP contribution in [0.4, 0.5) is 0 Å². The summed E-state index contributed by atoms with van der Waals surface area (Å²) in [5, 5.41) is 14.2. The van der Waals surface area contributed by atoms with Crippen molar-refractivity contribution < 1.29 is 19.1 Å². The number of furan rings is 1. The molecule has 0 saturated heterocycles. The van der Waals surface area contributed by atoms with Crippen molar-refractivity contribution in [3.8, 4) is 0 Å². The zero-order chi connectivity index (χ0) is 13.5. The summed E-state index contributed by atoms with van der Waals surface area (Å²) in [6.07, 6.45) is 1.41. The SMILES string of the molecule is CC(O)CCNC(=O)C(C)NC(=O)c1ccco1. The molecule has 0 aliphatic heterocycles. The first-order valence-corrected chi connectivity index (χ1v) is 5.81. The highest BCUT2D eigenvalue weighted by Gasteiger charge is 2.17. The molecule has 0 aliphatic carbocycles. The van der Waals surface area contributed by atoms with E-state index in [2.05, 4.69) is 10.6 Å². The number of hydrogen-bond donors (Lipinski definition) is 3. The Labute approximate surface area is 105 Å². The van der Waals surface area contributed by atoms with Crippen LogP contribution in [0.15, 0.2) is 22.8 Å². The van der Waals surface area contributed by atoms with Gasteiger partial charge < -0.3 is 20.2 Å². The smallest absolute Gasteiger partial charge is 0.287 e. The topological polar surface area (TPSA) is 91.6 Å². The van der Waals surface area contributed by atoms with Crippen LogP contribution in [0.3, 0.4) is 0 Å².